The number of hydrogen-bond donors (Lipinski definition) is 2. The topological polar surface area (TPSA) is 59.6 Å². The van der Waals surface area contributed by atoms with Gasteiger partial charge >= 0.3 is 6.18 Å². The molecule has 146 valence electrons. The Kier molecular flexibility index (Phi) is 6.96. The first kappa shape index (κ1) is 21.3. The number of nitrogens with two attached hydrogens (primary N) is 1. The van der Waals surface area contributed by atoms with Crippen molar-refractivity contribution >= 4 is 35.6 Å². The molecule has 0 amide bonds. The van der Waals surface area contributed by atoms with Crippen LogP contribution in [0.15, 0.2) is 53.5 Å². The van der Waals surface area contributed by atoms with Crippen molar-refractivity contribution in [2.45, 2.75) is 31.0 Å². The van der Waals surface area contributed by atoms with Crippen molar-refractivity contribution in [3.63, 3.8) is 0 Å². The van der Waals surface area contributed by atoms with E-state index in [-0.39, 0.29) is 35.9 Å². The highest BCUT2D eigenvalue weighted by Crippen LogP contribution is 2.40. The van der Waals surface area contributed by atoms with Crippen LogP contribution in [0, 0.1) is 0 Å². The van der Waals surface area contributed by atoms with E-state index in [1.807, 2.05) is 24.3 Å². The van der Waals surface area contributed by atoms with Crippen molar-refractivity contribution in [2.24, 2.45) is 10.7 Å². The second kappa shape index (κ2) is 8.81. The lowest BCUT2D eigenvalue weighted by atomic mass is 9.76. The van der Waals surface area contributed by atoms with Crippen LogP contribution < -0.4 is 15.8 Å². The summed E-state index contributed by atoms with van der Waals surface area (Å²) in [5.74, 6) is 1.12. The normalized spacial score (nSPS) is 19.6. The van der Waals surface area contributed by atoms with E-state index in [0.29, 0.717) is 24.4 Å². The summed E-state index contributed by atoms with van der Waals surface area (Å²) in [5.41, 5.74) is 6.80. The molecule has 0 aromatic heterocycles. The van der Waals surface area contributed by atoms with Crippen LogP contribution in [-0.4, -0.2) is 19.1 Å². The van der Waals surface area contributed by atoms with E-state index in [1.165, 1.54) is 12.1 Å². The summed E-state index contributed by atoms with van der Waals surface area (Å²) in [7, 11) is 1.59. The van der Waals surface area contributed by atoms with Gasteiger partial charge in [0.2, 0.25) is 0 Å². The highest BCUT2D eigenvalue weighted by atomic mass is 127. The van der Waals surface area contributed by atoms with Crippen molar-refractivity contribution < 1.29 is 17.9 Å². The zero-order valence-corrected chi connectivity index (χ0v) is 17.0. The summed E-state index contributed by atoms with van der Waals surface area (Å²) in [6, 6.07) is 12.8. The zero-order chi connectivity index (χ0) is 18.7. The minimum Gasteiger partial charge on any atom is -0.497 e. The molecule has 0 atom stereocenters. The van der Waals surface area contributed by atoms with E-state index in [0.717, 1.165) is 17.5 Å². The summed E-state index contributed by atoms with van der Waals surface area (Å²) in [6.07, 6.45) is -2.94. The number of guanidine groups is 1. The van der Waals surface area contributed by atoms with Gasteiger partial charge in [-0.3, -0.25) is 0 Å². The van der Waals surface area contributed by atoms with Gasteiger partial charge in [0.15, 0.2) is 5.96 Å². The van der Waals surface area contributed by atoms with Gasteiger partial charge in [-0.1, -0.05) is 18.2 Å². The second-order valence-electron chi connectivity index (χ2n) is 6.31. The van der Waals surface area contributed by atoms with Crippen LogP contribution in [0.4, 0.5) is 18.9 Å². The molecule has 27 heavy (non-hydrogen) atoms. The number of halogens is 4. The monoisotopic (exact) mass is 491 g/mol. The van der Waals surface area contributed by atoms with Gasteiger partial charge in [-0.15, -0.1) is 24.0 Å². The summed E-state index contributed by atoms with van der Waals surface area (Å²) < 4.78 is 43.5. The van der Waals surface area contributed by atoms with E-state index in [9.17, 15) is 13.2 Å². The first-order valence-corrected chi connectivity index (χ1v) is 8.26. The Labute approximate surface area is 173 Å². The van der Waals surface area contributed by atoms with Crippen LogP contribution in [0.2, 0.25) is 0 Å². The van der Waals surface area contributed by atoms with E-state index in [2.05, 4.69) is 10.3 Å². The van der Waals surface area contributed by atoms with Crippen LogP contribution in [0.1, 0.15) is 29.9 Å². The average Bonchev–Trinajstić information content (AvgIpc) is 2.58. The Morgan fingerprint density at radius 2 is 1.81 bits per heavy atom. The smallest absolute Gasteiger partial charge is 0.416 e. The SMILES string of the molecule is COc1ccc(NC(N)=NC2CC(c3cccc(C(F)(F)F)c3)C2)cc1.I. The molecule has 1 saturated carbocycles. The number of benzene rings is 2. The largest absolute Gasteiger partial charge is 0.497 e. The summed E-state index contributed by atoms with van der Waals surface area (Å²) in [4.78, 5) is 4.40. The molecule has 0 bridgehead atoms. The summed E-state index contributed by atoms with van der Waals surface area (Å²) in [6.45, 7) is 0. The van der Waals surface area contributed by atoms with Crippen LogP contribution in [-0.2, 0) is 6.18 Å². The maximum absolute atomic E-state index is 12.8. The predicted octanol–water partition coefficient (Wildman–Crippen LogP) is 5.00. The number of hydrogen-bond acceptors (Lipinski definition) is 2. The number of anilines is 1. The quantitative estimate of drug-likeness (QED) is 0.360. The fourth-order valence-electron chi connectivity index (χ4n) is 2.99. The van der Waals surface area contributed by atoms with Crippen LogP contribution in [0.3, 0.4) is 0 Å². The van der Waals surface area contributed by atoms with Crippen LogP contribution in [0.25, 0.3) is 0 Å². The molecule has 3 N–H and O–H groups in total. The van der Waals surface area contributed by atoms with Crippen LogP contribution in [0.5, 0.6) is 5.75 Å². The molecule has 0 radical (unpaired) electrons. The Balaban J connectivity index is 0.00000261. The minimum absolute atomic E-state index is 0. The van der Waals surface area contributed by atoms with E-state index < -0.39 is 11.7 Å². The molecule has 4 nitrogen and oxygen atoms in total. The molecule has 1 aliphatic rings. The van der Waals surface area contributed by atoms with Crippen molar-refractivity contribution in [1.29, 1.82) is 0 Å². The first-order valence-electron chi connectivity index (χ1n) is 8.26. The first-order chi connectivity index (χ1) is 12.3. The number of rotatable bonds is 4. The fourth-order valence-corrected chi connectivity index (χ4v) is 2.99. The number of nitrogens with one attached hydrogen (secondary N) is 1. The molecule has 8 heteroatoms. The Bertz CT molecular complexity index is 788. The van der Waals surface area contributed by atoms with Crippen molar-refractivity contribution in [1.82, 2.24) is 0 Å². The molecule has 0 heterocycles. The van der Waals surface area contributed by atoms with Gasteiger partial charge in [0.1, 0.15) is 5.75 Å². The average molecular weight is 491 g/mol. The van der Waals surface area contributed by atoms with Gasteiger partial charge in [-0.2, -0.15) is 13.2 Å². The molecule has 0 spiro atoms. The van der Waals surface area contributed by atoms with Gasteiger partial charge in [-0.25, -0.2) is 4.99 Å². The molecular weight excluding hydrogens is 470 g/mol. The van der Waals surface area contributed by atoms with Gasteiger partial charge in [0, 0.05) is 5.69 Å². The number of nitrogens with zero attached hydrogens (tertiary/aromatic N) is 1. The van der Waals surface area contributed by atoms with Gasteiger partial charge in [0.05, 0.1) is 18.7 Å². The molecule has 0 unspecified atom stereocenters. The summed E-state index contributed by atoms with van der Waals surface area (Å²) >= 11 is 0. The molecule has 0 saturated heterocycles. The minimum atomic E-state index is -4.32. The third-order valence-electron chi connectivity index (χ3n) is 4.48. The lowest BCUT2D eigenvalue weighted by Gasteiger charge is -2.33. The Morgan fingerprint density at radius 3 is 2.41 bits per heavy atom. The van der Waals surface area contributed by atoms with Gasteiger partial charge < -0.3 is 15.8 Å². The maximum Gasteiger partial charge on any atom is 0.416 e. The molecule has 1 fully saturated rings. The predicted molar refractivity (Wildman–Crippen MR) is 111 cm³/mol. The lowest BCUT2D eigenvalue weighted by molar-refractivity contribution is -0.137. The van der Waals surface area contributed by atoms with E-state index in [1.54, 1.807) is 13.2 Å². The zero-order valence-electron chi connectivity index (χ0n) is 14.7. The van der Waals surface area contributed by atoms with E-state index >= 15 is 0 Å². The lowest BCUT2D eigenvalue weighted by Crippen LogP contribution is -2.31. The third kappa shape index (κ3) is 5.50. The highest BCUT2D eigenvalue weighted by Gasteiger charge is 2.34. The van der Waals surface area contributed by atoms with Crippen molar-refractivity contribution in [3.05, 3.63) is 59.7 Å². The fraction of sp³-hybridized carbons (Fsp3) is 0.316. The van der Waals surface area contributed by atoms with Crippen molar-refractivity contribution in [2.75, 3.05) is 12.4 Å². The van der Waals surface area contributed by atoms with Gasteiger partial charge in [-0.05, 0) is 54.7 Å². The molecule has 2 aromatic carbocycles. The van der Waals surface area contributed by atoms with Crippen LogP contribution >= 0.6 is 24.0 Å². The Morgan fingerprint density at radius 1 is 1.15 bits per heavy atom. The number of ether oxygens (including phenoxy) is 1. The highest BCUT2D eigenvalue weighted by molar-refractivity contribution is 14.0. The molecular formula is C19H21F3IN3O. The molecule has 3 rings (SSSR count). The maximum atomic E-state index is 12.8. The summed E-state index contributed by atoms with van der Waals surface area (Å²) in [5, 5.41) is 3.00. The molecule has 0 aliphatic heterocycles. The Hall–Kier alpha value is -1.97. The van der Waals surface area contributed by atoms with Gasteiger partial charge in [0.25, 0.3) is 0 Å². The number of aliphatic imine (C=N–C) groups is 1. The van der Waals surface area contributed by atoms with E-state index in [4.69, 9.17) is 10.5 Å². The number of methoxy groups -OCH3 is 1. The number of alkyl halides is 3. The standard InChI is InChI=1S/C19H20F3N3O.HI/c1-26-17-7-5-15(6-8-17)24-18(23)25-16-10-13(11-16)12-3-2-4-14(9-12)19(20,21)22;/h2-9,13,16H,10-11H2,1H3,(H3,23,24,25);1H. The van der Waals surface area contributed by atoms with Crippen molar-refractivity contribution in [3.8, 4) is 5.75 Å². The second-order valence-corrected chi connectivity index (χ2v) is 6.31. The third-order valence-corrected chi connectivity index (χ3v) is 4.48. The molecule has 1 aliphatic carbocycles. The molecule has 2 aromatic rings.